The first-order chi connectivity index (χ1) is 24.8. The Kier molecular flexibility index (Phi) is 12.5. The van der Waals surface area contributed by atoms with Crippen LogP contribution in [-0.4, -0.2) is 90.5 Å². The molecule has 1 aromatic heterocycles. The number of benzene rings is 1. The molecule has 4 bridgehead atoms. The molecule has 4 atom stereocenters. The fourth-order valence-corrected chi connectivity index (χ4v) is 7.48. The van der Waals surface area contributed by atoms with Gasteiger partial charge in [-0.05, 0) is 81.5 Å². The normalized spacial score (nSPS) is 21.5. The third kappa shape index (κ3) is 10.0. The zero-order chi connectivity index (χ0) is 37.4. The molecule has 0 spiro atoms. The molecule has 2 fully saturated rings. The van der Waals surface area contributed by atoms with Crippen LogP contribution in [0.5, 0.6) is 5.88 Å². The van der Waals surface area contributed by atoms with Gasteiger partial charge in [0, 0.05) is 24.4 Å². The van der Waals surface area contributed by atoms with E-state index in [1.807, 2.05) is 36.4 Å². The quantitative estimate of drug-likeness (QED) is 0.228. The van der Waals surface area contributed by atoms with Crippen molar-refractivity contribution in [2.45, 2.75) is 94.7 Å². The van der Waals surface area contributed by atoms with Gasteiger partial charge in [-0.2, -0.15) is 0 Å². The number of pyridine rings is 1. The monoisotopic (exact) mass is 735 g/mol. The van der Waals surface area contributed by atoms with Gasteiger partial charge < -0.3 is 25.0 Å². The Balaban J connectivity index is 1.47. The van der Waals surface area contributed by atoms with Gasteiger partial charge in [-0.25, -0.2) is 18.2 Å². The zero-order valence-corrected chi connectivity index (χ0v) is 30.2. The first kappa shape index (κ1) is 38.2. The highest BCUT2D eigenvalue weighted by Crippen LogP contribution is 2.30. The number of carbonyl (C=O) groups excluding carboxylic acids is 5. The number of carbonyl (C=O) groups is 5. The number of rotatable bonds is 11. The summed E-state index contributed by atoms with van der Waals surface area (Å²) in [7, 11) is -3.91. The topological polar surface area (TPSA) is 190 Å². The summed E-state index contributed by atoms with van der Waals surface area (Å²) in [6.07, 6.45) is 8.48. The summed E-state index contributed by atoms with van der Waals surface area (Å²) >= 11 is 0. The van der Waals surface area contributed by atoms with E-state index in [9.17, 15) is 32.4 Å². The van der Waals surface area contributed by atoms with Gasteiger partial charge in [-0.1, -0.05) is 35.9 Å². The van der Waals surface area contributed by atoms with Crippen molar-refractivity contribution in [1.82, 2.24) is 25.2 Å². The van der Waals surface area contributed by atoms with Gasteiger partial charge >= 0.3 is 6.09 Å². The maximum absolute atomic E-state index is 14.3. The summed E-state index contributed by atoms with van der Waals surface area (Å²) in [6, 6.07) is 3.91. The molecule has 4 unspecified atom stereocenters. The molecular weight excluding hydrogens is 691 g/mol. The number of allylic oxidation sites excluding steroid dienone is 3. The summed E-state index contributed by atoms with van der Waals surface area (Å²) in [6.45, 7) is 7.15. The number of aromatic nitrogens is 1. The van der Waals surface area contributed by atoms with Crippen LogP contribution in [0.25, 0.3) is 16.8 Å². The van der Waals surface area contributed by atoms with E-state index in [0.29, 0.717) is 31.6 Å². The van der Waals surface area contributed by atoms with Crippen LogP contribution in [0.1, 0.15) is 70.8 Å². The molecule has 5 rings (SSSR count). The number of ether oxygens (including phenoxy) is 2. The highest BCUT2D eigenvalue weighted by atomic mass is 32.2. The van der Waals surface area contributed by atoms with Crippen molar-refractivity contribution in [3.8, 4) is 5.88 Å². The Morgan fingerprint density at radius 1 is 1.17 bits per heavy atom. The Morgan fingerprint density at radius 3 is 2.69 bits per heavy atom. The van der Waals surface area contributed by atoms with E-state index in [-0.39, 0.29) is 44.6 Å². The second-order valence-electron chi connectivity index (χ2n) is 13.5. The summed E-state index contributed by atoms with van der Waals surface area (Å²) in [5.74, 6) is -2.27. The Bertz CT molecular complexity index is 1880. The number of sulfonamides is 1. The summed E-state index contributed by atoms with van der Waals surface area (Å²) < 4.78 is 38.9. The highest BCUT2D eigenvalue weighted by molar-refractivity contribution is 7.90. The fraction of sp³-hybridized carbons (Fsp3) is 0.459. The first-order valence-corrected chi connectivity index (χ1v) is 19.0. The molecule has 1 aliphatic carbocycles. The minimum atomic E-state index is -3.91. The average Bonchev–Trinajstić information content (AvgIpc) is 3.88. The van der Waals surface area contributed by atoms with Gasteiger partial charge in [0.05, 0.1) is 18.4 Å². The van der Waals surface area contributed by atoms with Crippen LogP contribution in [0.4, 0.5) is 4.79 Å². The van der Waals surface area contributed by atoms with E-state index in [1.165, 1.54) is 17.1 Å². The Hall–Kier alpha value is -5.05. The second-order valence-corrected chi connectivity index (χ2v) is 15.4. The number of nitrogens with one attached hydrogen (secondary N) is 3. The third-order valence-electron chi connectivity index (χ3n) is 8.90. The van der Waals surface area contributed by atoms with Gasteiger partial charge in [-0.15, -0.1) is 6.58 Å². The van der Waals surface area contributed by atoms with Crippen molar-refractivity contribution >= 4 is 56.5 Å². The molecule has 3 N–H and O–H groups in total. The summed E-state index contributed by atoms with van der Waals surface area (Å²) in [5, 5.41) is 6.13. The molecule has 2 aromatic rings. The van der Waals surface area contributed by atoms with Gasteiger partial charge in [0.2, 0.25) is 27.7 Å². The van der Waals surface area contributed by atoms with Crippen molar-refractivity contribution in [1.29, 1.82) is 0 Å². The van der Waals surface area contributed by atoms with Gasteiger partial charge in [0.15, 0.2) is 5.78 Å². The fourth-order valence-electron chi connectivity index (χ4n) is 6.14. The zero-order valence-electron chi connectivity index (χ0n) is 29.3. The lowest BCUT2D eigenvalue weighted by Gasteiger charge is -2.29. The molecule has 14 nitrogen and oxygen atoms in total. The molecule has 3 heterocycles. The number of amides is 4. The van der Waals surface area contributed by atoms with E-state index in [2.05, 4.69) is 26.9 Å². The lowest BCUT2D eigenvalue weighted by molar-refractivity contribution is -0.141. The second kappa shape index (κ2) is 17.0. The van der Waals surface area contributed by atoms with Crippen molar-refractivity contribution in [2.24, 2.45) is 0 Å². The van der Waals surface area contributed by atoms with E-state index in [4.69, 9.17) is 9.47 Å². The van der Waals surface area contributed by atoms with Gasteiger partial charge in [0.25, 0.3) is 5.91 Å². The highest BCUT2D eigenvalue weighted by Gasteiger charge is 2.45. The molecule has 1 saturated carbocycles. The van der Waals surface area contributed by atoms with Crippen LogP contribution in [0, 0.1) is 0 Å². The molecule has 3 aliphatic rings. The predicted molar refractivity (Wildman–Crippen MR) is 193 cm³/mol. The lowest BCUT2D eigenvalue weighted by atomic mass is 10.1. The molecule has 52 heavy (non-hydrogen) atoms. The standard InChI is InChI=1S/C37H45N5O9S/c1-4-8-30(33(44)41-52(48,49)28-13-14-28)39-34(45)32-21-27-22-42(32)36(46)31(15-12-26(43)19-23(2)3)40-37(47)50-18-7-5-6-9-24-10-11-25-16-17-38-35(51-27)29(25)20-24/h4,6,9-11,16-17,19-20,27-28,30-32H,1,5,7-8,12-15,18,21-22H2,2-3H3,(H,39,45)(H,40,47)(H,41,44). The van der Waals surface area contributed by atoms with Crippen molar-refractivity contribution in [2.75, 3.05) is 13.2 Å². The van der Waals surface area contributed by atoms with Crippen molar-refractivity contribution in [3.63, 3.8) is 0 Å². The number of ketones is 1. The van der Waals surface area contributed by atoms with Gasteiger partial charge in [0.1, 0.15) is 24.2 Å². The van der Waals surface area contributed by atoms with Crippen LogP contribution >= 0.6 is 0 Å². The van der Waals surface area contributed by atoms with Crippen LogP contribution in [0.2, 0.25) is 0 Å². The first-order valence-electron chi connectivity index (χ1n) is 17.4. The molecule has 4 amide bonds. The SMILES string of the molecule is C=CCC(NC(=O)C1CC2CN1C(=O)C(CCC(=O)C=C(C)C)NC(=O)OCCCC=Cc1ccc3ccnc(c3c1)O2)C(=O)NS(=O)(=O)C1CC1. The van der Waals surface area contributed by atoms with Gasteiger partial charge in [-0.3, -0.25) is 23.9 Å². The summed E-state index contributed by atoms with van der Waals surface area (Å²) in [4.78, 5) is 72.7. The number of hydrogen-bond donors (Lipinski definition) is 3. The van der Waals surface area contributed by atoms with Crippen molar-refractivity contribution < 1.29 is 41.9 Å². The number of cyclic esters (lactones) is 1. The maximum atomic E-state index is 14.3. The molecule has 2 aliphatic heterocycles. The molecular formula is C37H45N5O9S. The summed E-state index contributed by atoms with van der Waals surface area (Å²) in [5.41, 5.74) is 1.67. The van der Waals surface area contributed by atoms with Crippen LogP contribution in [-0.2, 0) is 33.9 Å². The maximum Gasteiger partial charge on any atom is 0.407 e. The minimum absolute atomic E-state index is 0.0219. The molecule has 1 aromatic carbocycles. The van der Waals surface area contributed by atoms with E-state index in [0.717, 1.165) is 21.9 Å². The number of nitrogens with zero attached hydrogens (tertiary/aromatic N) is 2. The lowest BCUT2D eigenvalue weighted by Crippen LogP contribution is -2.56. The van der Waals surface area contributed by atoms with Crippen LogP contribution in [0.3, 0.4) is 0 Å². The number of hydrogen-bond acceptors (Lipinski definition) is 10. The molecule has 0 radical (unpaired) electrons. The smallest absolute Gasteiger partial charge is 0.407 e. The average molecular weight is 736 g/mol. The van der Waals surface area contributed by atoms with E-state index >= 15 is 0 Å². The number of fused-ring (bicyclic) bond motifs is 3. The van der Waals surface area contributed by atoms with Crippen LogP contribution < -0.4 is 20.1 Å². The third-order valence-corrected chi connectivity index (χ3v) is 10.7. The van der Waals surface area contributed by atoms with Crippen molar-refractivity contribution in [3.05, 3.63) is 66.4 Å². The Morgan fingerprint density at radius 2 is 1.96 bits per heavy atom. The molecule has 15 heteroatoms. The largest absolute Gasteiger partial charge is 0.472 e. The number of alkyl carbamates (subject to hydrolysis) is 1. The Labute approximate surface area is 303 Å². The van der Waals surface area contributed by atoms with Crippen LogP contribution in [0.15, 0.2) is 60.8 Å². The molecule has 278 valence electrons. The minimum Gasteiger partial charge on any atom is -0.472 e. The predicted octanol–water partition coefficient (Wildman–Crippen LogP) is 3.47. The molecule has 1 saturated heterocycles. The van der Waals surface area contributed by atoms with E-state index < -0.39 is 63.3 Å². The van der Waals surface area contributed by atoms with E-state index in [1.54, 1.807) is 20.0 Å².